The monoisotopic (exact) mass is 354 g/mol. The van der Waals surface area contributed by atoms with E-state index < -0.39 is 29.5 Å². The van der Waals surface area contributed by atoms with E-state index in [1.807, 2.05) is 0 Å². The molecule has 0 aliphatic carbocycles. The zero-order valence-corrected chi connectivity index (χ0v) is 11.8. The Morgan fingerprint density at radius 2 is 2.10 bits per heavy atom. The third kappa shape index (κ3) is 4.80. The number of carbonyl (C=O) groups is 1. The predicted molar refractivity (Wildman–Crippen MR) is 68.4 cm³/mol. The summed E-state index contributed by atoms with van der Waals surface area (Å²) < 4.78 is 36.6. The van der Waals surface area contributed by atoms with Crippen molar-refractivity contribution in [1.29, 1.82) is 0 Å². The van der Waals surface area contributed by atoms with Crippen LogP contribution in [0.15, 0.2) is 22.7 Å². The van der Waals surface area contributed by atoms with Crippen LogP contribution in [-0.2, 0) is 0 Å². The number of nitro benzene ring substituents is 1. The Kier molecular flexibility index (Phi) is 5.09. The van der Waals surface area contributed by atoms with E-state index in [0.29, 0.717) is 0 Å². The van der Waals surface area contributed by atoms with E-state index in [0.717, 1.165) is 6.07 Å². The molecular weight excluding hydrogens is 345 g/mol. The molecule has 0 aliphatic rings. The average molecular weight is 355 g/mol. The molecule has 0 saturated carbocycles. The van der Waals surface area contributed by atoms with Crippen molar-refractivity contribution < 1.29 is 22.9 Å². The Morgan fingerprint density at radius 1 is 1.50 bits per heavy atom. The highest BCUT2D eigenvalue weighted by molar-refractivity contribution is 9.10. The molecule has 1 aromatic rings. The number of alkyl halides is 3. The first-order chi connectivity index (χ1) is 9.10. The molecule has 0 aromatic heterocycles. The van der Waals surface area contributed by atoms with Crippen LogP contribution in [0.4, 0.5) is 18.9 Å². The molecule has 9 heteroatoms. The molecule has 1 rings (SSSR count). The Hall–Kier alpha value is -1.64. The summed E-state index contributed by atoms with van der Waals surface area (Å²) in [6, 6.07) is 2.46. The number of hydrogen-bond acceptors (Lipinski definition) is 3. The molecule has 0 saturated heterocycles. The van der Waals surface area contributed by atoms with Crippen molar-refractivity contribution in [3.63, 3.8) is 0 Å². The van der Waals surface area contributed by atoms with Crippen molar-refractivity contribution in [3.05, 3.63) is 38.3 Å². The summed E-state index contributed by atoms with van der Waals surface area (Å²) in [4.78, 5) is 21.7. The van der Waals surface area contributed by atoms with Crippen LogP contribution in [-0.4, -0.2) is 23.0 Å². The van der Waals surface area contributed by atoms with Gasteiger partial charge < -0.3 is 5.32 Å². The normalized spacial score (nSPS) is 12.8. The van der Waals surface area contributed by atoms with Crippen molar-refractivity contribution >= 4 is 27.5 Å². The summed E-state index contributed by atoms with van der Waals surface area (Å²) in [6.07, 6.45) is -5.56. The lowest BCUT2D eigenvalue weighted by Gasteiger charge is -2.15. The maximum atomic E-state index is 12.1. The largest absolute Gasteiger partial charge is 0.391 e. The zero-order chi connectivity index (χ0) is 15.5. The lowest BCUT2D eigenvalue weighted by Crippen LogP contribution is -2.35. The van der Waals surface area contributed by atoms with Gasteiger partial charge in [0, 0.05) is 17.7 Å². The van der Waals surface area contributed by atoms with Crippen molar-refractivity contribution in [2.45, 2.75) is 25.6 Å². The number of benzene rings is 1. The second-order valence-corrected chi connectivity index (χ2v) is 4.97. The molecule has 0 radical (unpaired) electrons. The first kappa shape index (κ1) is 16.4. The Bertz CT molecular complexity index is 534. The van der Waals surface area contributed by atoms with E-state index in [-0.39, 0.29) is 15.7 Å². The van der Waals surface area contributed by atoms with E-state index >= 15 is 0 Å². The van der Waals surface area contributed by atoms with Gasteiger partial charge in [-0.2, -0.15) is 13.2 Å². The fourth-order valence-corrected chi connectivity index (χ4v) is 1.89. The van der Waals surface area contributed by atoms with E-state index in [1.165, 1.54) is 19.1 Å². The van der Waals surface area contributed by atoms with Gasteiger partial charge in [0.25, 0.3) is 11.6 Å². The van der Waals surface area contributed by atoms with Crippen LogP contribution in [0.25, 0.3) is 0 Å². The summed E-state index contributed by atoms with van der Waals surface area (Å²) in [5.74, 6) is -0.794. The highest BCUT2D eigenvalue weighted by Gasteiger charge is 2.30. The molecule has 0 fully saturated rings. The number of nitro groups is 1. The Labute approximate surface area is 120 Å². The Morgan fingerprint density at radius 3 is 2.60 bits per heavy atom. The van der Waals surface area contributed by atoms with Gasteiger partial charge in [0.05, 0.1) is 15.8 Å². The molecule has 0 spiro atoms. The molecule has 110 valence electrons. The van der Waals surface area contributed by atoms with Gasteiger partial charge in [-0.1, -0.05) is 0 Å². The van der Waals surface area contributed by atoms with Gasteiger partial charge >= 0.3 is 6.18 Å². The molecule has 0 bridgehead atoms. The van der Waals surface area contributed by atoms with Crippen molar-refractivity contribution in [2.75, 3.05) is 0 Å². The van der Waals surface area contributed by atoms with Gasteiger partial charge in [-0.25, -0.2) is 0 Å². The van der Waals surface area contributed by atoms with E-state index in [2.05, 4.69) is 21.2 Å². The molecule has 1 unspecified atom stereocenters. The highest BCUT2D eigenvalue weighted by atomic mass is 79.9. The van der Waals surface area contributed by atoms with Crippen molar-refractivity contribution in [1.82, 2.24) is 5.32 Å². The minimum atomic E-state index is -4.39. The van der Waals surface area contributed by atoms with Gasteiger partial charge in [-0.15, -0.1) is 0 Å². The molecule has 20 heavy (non-hydrogen) atoms. The quantitative estimate of drug-likeness (QED) is 0.664. The number of halogens is 4. The number of nitrogens with zero attached hydrogens (tertiary/aromatic N) is 1. The standard InChI is InChI=1S/C11H10BrF3N2O3/c1-6(5-11(13,14)15)16-10(18)7-2-3-8(12)9(4-7)17(19)20/h2-4,6H,5H2,1H3,(H,16,18). The third-order valence-corrected chi connectivity index (χ3v) is 2.99. The fraction of sp³-hybridized carbons (Fsp3) is 0.364. The molecule has 5 nitrogen and oxygen atoms in total. The topological polar surface area (TPSA) is 72.2 Å². The molecule has 1 aromatic carbocycles. The lowest BCUT2D eigenvalue weighted by atomic mass is 10.1. The summed E-state index contributed by atoms with van der Waals surface area (Å²) in [5, 5.41) is 12.8. The van der Waals surface area contributed by atoms with Crippen LogP contribution in [0.1, 0.15) is 23.7 Å². The molecule has 1 amide bonds. The SMILES string of the molecule is CC(CC(F)(F)F)NC(=O)c1ccc(Br)c([N+](=O)[O-])c1. The molecule has 1 atom stereocenters. The highest BCUT2D eigenvalue weighted by Crippen LogP contribution is 2.26. The number of hydrogen-bond donors (Lipinski definition) is 1. The summed E-state index contributed by atoms with van der Waals surface area (Å²) in [7, 11) is 0. The van der Waals surface area contributed by atoms with Gasteiger partial charge in [0.2, 0.25) is 0 Å². The van der Waals surface area contributed by atoms with Crippen molar-refractivity contribution in [3.8, 4) is 0 Å². The maximum Gasteiger partial charge on any atom is 0.391 e. The number of carbonyl (C=O) groups excluding carboxylic acids is 1. The van der Waals surface area contributed by atoms with E-state index in [1.54, 1.807) is 0 Å². The number of nitrogens with one attached hydrogen (secondary N) is 1. The van der Waals surface area contributed by atoms with Crippen LogP contribution in [0, 0.1) is 10.1 Å². The van der Waals surface area contributed by atoms with Crippen LogP contribution < -0.4 is 5.32 Å². The molecule has 0 heterocycles. The zero-order valence-electron chi connectivity index (χ0n) is 10.2. The van der Waals surface area contributed by atoms with Gasteiger partial charge in [0.15, 0.2) is 0 Å². The van der Waals surface area contributed by atoms with Gasteiger partial charge in [-0.3, -0.25) is 14.9 Å². The minimum absolute atomic E-state index is 0.0751. The summed E-state index contributed by atoms with van der Waals surface area (Å²) in [5.41, 5.74) is -0.407. The number of rotatable bonds is 4. The summed E-state index contributed by atoms with van der Waals surface area (Å²) >= 11 is 2.95. The van der Waals surface area contributed by atoms with E-state index in [4.69, 9.17) is 0 Å². The third-order valence-electron chi connectivity index (χ3n) is 2.32. The molecule has 0 aliphatic heterocycles. The van der Waals surface area contributed by atoms with Crippen LogP contribution in [0.2, 0.25) is 0 Å². The maximum absolute atomic E-state index is 12.1. The van der Waals surface area contributed by atoms with Gasteiger partial charge in [-0.05, 0) is 35.0 Å². The smallest absolute Gasteiger partial charge is 0.349 e. The van der Waals surface area contributed by atoms with Crippen LogP contribution in [0.3, 0.4) is 0 Å². The predicted octanol–water partition coefficient (Wildman–Crippen LogP) is 3.43. The fourth-order valence-electron chi connectivity index (χ4n) is 1.50. The van der Waals surface area contributed by atoms with Crippen LogP contribution >= 0.6 is 15.9 Å². The van der Waals surface area contributed by atoms with Gasteiger partial charge in [0.1, 0.15) is 0 Å². The second-order valence-electron chi connectivity index (χ2n) is 4.12. The van der Waals surface area contributed by atoms with Crippen molar-refractivity contribution in [2.24, 2.45) is 0 Å². The molecular formula is C11H10BrF3N2O3. The first-order valence-corrected chi connectivity index (χ1v) is 6.21. The summed E-state index contributed by atoms with van der Waals surface area (Å²) in [6.45, 7) is 1.21. The lowest BCUT2D eigenvalue weighted by molar-refractivity contribution is -0.385. The molecule has 1 N–H and O–H groups in total. The average Bonchev–Trinajstić information content (AvgIpc) is 2.26. The minimum Gasteiger partial charge on any atom is -0.349 e. The number of amides is 1. The Balaban J connectivity index is 2.83. The first-order valence-electron chi connectivity index (χ1n) is 5.41. The van der Waals surface area contributed by atoms with Crippen LogP contribution in [0.5, 0.6) is 0 Å². The van der Waals surface area contributed by atoms with E-state index in [9.17, 15) is 28.1 Å². The second kappa shape index (κ2) is 6.21.